The Hall–Kier alpha value is -3.75. The normalized spacial score (nSPS) is 12.9. The molecule has 3 rings (SSSR count). The zero-order valence-electron chi connectivity index (χ0n) is 21.0. The van der Waals surface area contributed by atoms with Crippen molar-refractivity contribution in [3.63, 3.8) is 0 Å². The van der Waals surface area contributed by atoms with Gasteiger partial charge in [-0.15, -0.1) is 0 Å². The lowest BCUT2D eigenvalue weighted by Crippen LogP contribution is -2.51. The predicted molar refractivity (Wildman–Crippen MR) is 135 cm³/mol. The number of fused-ring (bicyclic) bond motifs is 3. The monoisotopic (exact) mass is 497 g/mol. The van der Waals surface area contributed by atoms with Gasteiger partial charge in [0.1, 0.15) is 6.67 Å². The fraction of sp³-hybridized carbons (Fsp3) is 0.407. The first-order valence-corrected chi connectivity index (χ1v) is 12.1. The fourth-order valence-electron chi connectivity index (χ4n) is 4.25. The molecular formula is C27H32FN3O5. The van der Waals surface area contributed by atoms with Gasteiger partial charge < -0.3 is 15.0 Å². The lowest BCUT2D eigenvalue weighted by atomic mass is 10.0. The van der Waals surface area contributed by atoms with Crippen LogP contribution in [0.2, 0.25) is 0 Å². The van der Waals surface area contributed by atoms with Crippen LogP contribution in [0.1, 0.15) is 34.1 Å². The topological polar surface area (TPSA) is 97.7 Å². The van der Waals surface area contributed by atoms with Gasteiger partial charge in [-0.1, -0.05) is 50.2 Å². The lowest BCUT2D eigenvalue weighted by Gasteiger charge is -2.25. The van der Waals surface area contributed by atoms with Crippen molar-refractivity contribution in [3.8, 4) is 0 Å². The van der Waals surface area contributed by atoms with Crippen LogP contribution >= 0.6 is 0 Å². The van der Waals surface area contributed by atoms with E-state index in [1.165, 1.54) is 9.47 Å². The zero-order valence-corrected chi connectivity index (χ0v) is 21.0. The Kier molecular flexibility index (Phi) is 8.79. The summed E-state index contributed by atoms with van der Waals surface area (Å²) in [4.78, 5) is 52.7. The summed E-state index contributed by atoms with van der Waals surface area (Å²) < 4.78 is 20.3. The van der Waals surface area contributed by atoms with E-state index in [4.69, 9.17) is 4.74 Å². The molecule has 1 N–H and O–H groups in total. The van der Waals surface area contributed by atoms with E-state index in [-0.39, 0.29) is 12.3 Å². The zero-order chi connectivity index (χ0) is 26.4. The second-order valence-corrected chi connectivity index (χ2v) is 8.85. The van der Waals surface area contributed by atoms with Crippen LogP contribution in [0.25, 0.3) is 21.8 Å². The molecule has 0 spiro atoms. The lowest BCUT2D eigenvalue weighted by molar-refractivity contribution is -0.138. The number of nitrogens with zero attached hydrogens (tertiary/aromatic N) is 2. The van der Waals surface area contributed by atoms with Gasteiger partial charge in [0.05, 0.1) is 23.5 Å². The molecule has 0 bridgehead atoms. The molecule has 8 nitrogen and oxygen atoms in total. The number of carbonyl (C=O) groups excluding carboxylic acids is 4. The number of alkyl halides is 1. The van der Waals surface area contributed by atoms with Gasteiger partial charge in [-0.2, -0.15) is 0 Å². The number of amides is 2. The molecule has 3 aromatic rings. The number of Topliss-reactive ketones (excluding diaryl/α,β-unsaturated/α-hetero) is 1. The Balaban J connectivity index is 1.86. The molecule has 2 atom stereocenters. The Labute approximate surface area is 209 Å². The molecule has 0 saturated heterocycles. The average Bonchev–Trinajstić information content (AvgIpc) is 3.21. The highest BCUT2D eigenvalue weighted by molar-refractivity contribution is 6.12. The van der Waals surface area contributed by atoms with Gasteiger partial charge in [0.2, 0.25) is 5.91 Å². The first kappa shape index (κ1) is 26.8. The van der Waals surface area contributed by atoms with Crippen LogP contribution in [0, 0.1) is 5.92 Å². The molecule has 1 heterocycles. The van der Waals surface area contributed by atoms with E-state index in [1.54, 1.807) is 52.0 Å². The molecule has 0 radical (unpaired) electrons. The highest BCUT2D eigenvalue weighted by Gasteiger charge is 2.33. The number of para-hydroxylation sites is 2. The number of rotatable bonds is 10. The third-order valence-corrected chi connectivity index (χ3v) is 6.19. The second-order valence-electron chi connectivity index (χ2n) is 8.85. The summed E-state index contributed by atoms with van der Waals surface area (Å²) in [7, 11) is 0. The minimum atomic E-state index is -1.36. The highest BCUT2D eigenvalue weighted by Crippen LogP contribution is 2.29. The van der Waals surface area contributed by atoms with Crippen molar-refractivity contribution in [2.45, 2.75) is 46.3 Å². The standard InChI is InChI=1S/C27H32FN3O5/c1-5-30(6-2)24(33)15-20(23(32)16-28)29-26(34)25(17(3)4)36-27(35)31-21-13-9-7-11-18(21)19-12-8-10-14-22(19)31/h7-14,17,20,25H,5-6,15-16H2,1-4H3,(H,29,34). The van der Waals surface area contributed by atoms with Gasteiger partial charge >= 0.3 is 6.09 Å². The number of ether oxygens (including phenoxy) is 1. The van der Waals surface area contributed by atoms with E-state index >= 15 is 0 Å². The van der Waals surface area contributed by atoms with E-state index in [1.807, 2.05) is 24.3 Å². The number of aromatic nitrogens is 1. The molecule has 0 aliphatic heterocycles. The molecule has 0 saturated carbocycles. The van der Waals surface area contributed by atoms with Crippen LogP contribution in [0.4, 0.5) is 9.18 Å². The third-order valence-electron chi connectivity index (χ3n) is 6.19. The molecule has 2 aromatic carbocycles. The molecule has 0 aliphatic carbocycles. The number of hydrogen-bond donors (Lipinski definition) is 1. The smallest absolute Gasteiger partial charge is 0.419 e. The highest BCUT2D eigenvalue weighted by atomic mass is 19.1. The van der Waals surface area contributed by atoms with Crippen LogP contribution in [0.5, 0.6) is 0 Å². The van der Waals surface area contributed by atoms with Crippen LogP contribution < -0.4 is 5.32 Å². The van der Waals surface area contributed by atoms with Gasteiger partial charge in [0.25, 0.3) is 5.91 Å². The van der Waals surface area contributed by atoms with Gasteiger partial charge in [-0.3, -0.25) is 14.4 Å². The van der Waals surface area contributed by atoms with Crippen LogP contribution in [0.15, 0.2) is 48.5 Å². The van der Waals surface area contributed by atoms with E-state index in [0.717, 1.165) is 10.8 Å². The number of carbonyl (C=O) groups is 4. The number of halogens is 1. The summed E-state index contributed by atoms with van der Waals surface area (Å²) in [5, 5.41) is 4.17. The van der Waals surface area contributed by atoms with Crippen molar-refractivity contribution in [1.29, 1.82) is 0 Å². The fourth-order valence-corrected chi connectivity index (χ4v) is 4.25. The summed E-state index contributed by atoms with van der Waals surface area (Å²) in [5.41, 5.74) is 1.25. The number of ketones is 1. The maximum atomic E-state index is 13.3. The van der Waals surface area contributed by atoms with Crippen LogP contribution in [-0.2, 0) is 19.1 Å². The van der Waals surface area contributed by atoms with Crippen molar-refractivity contribution < 1.29 is 28.3 Å². The molecule has 2 amide bonds. The van der Waals surface area contributed by atoms with Crippen molar-refractivity contribution in [3.05, 3.63) is 48.5 Å². The molecule has 9 heteroatoms. The Morgan fingerprint density at radius 1 is 0.944 bits per heavy atom. The van der Waals surface area contributed by atoms with E-state index in [0.29, 0.717) is 24.1 Å². The molecule has 0 fully saturated rings. The Morgan fingerprint density at radius 2 is 1.47 bits per heavy atom. The summed E-state index contributed by atoms with van der Waals surface area (Å²) in [6, 6.07) is 13.4. The first-order chi connectivity index (χ1) is 17.2. The van der Waals surface area contributed by atoms with Crippen molar-refractivity contribution in [1.82, 2.24) is 14.8 Å². The van der Waals surface area contributed by atoms with Gasteiger partial charge in [-0.25, -0.2) is 13.8 Å². The summed E-state index contributed by atoms with van der Waals surface area (Å²) in [6.45, 7) is 6.47. The predicted octanol–water partition coefficient (Wildman–Crippen LogP) is 4.09. The number of benzene rings is 2. The van der Waals surface area contributed by atoms with Crippen molar-refractivity contribution in [2.24, 2.45) is 5.92 Å². The Morgan fingerprint density at radius 3 is 1.94 bits per heavy atom. The van der Waals surface area contributed by atoms with Crippen LogP contribution in [-0.4, -0.2) is 65.1 Å². The van der Waals surface area contributed by atoms with Crippen molar-refractivity contribution >= 4 is 45.5 Å². The molecule has 0 aliphatic rings. The van der Waals surface area contributed by atoms with Crippen LogP contribution in [0.3, 0.4) is 0 Å². The molecular weight excluding hydrogens is 465 g/mol. The molecule has 192 valence electrons. The number of hydrogen-bond acceptors (Lipinski definition) is 5. The van der Waals surface area contributed by atoms with Gasteiger partial charge in [0.15, 0.2) is 11.9 Å². The average molecular weight is 498 g/mol. The minimum absolute atomic E-state index is 0.373. The maximum Gasteiger partial charge on any atom is 0.419 e. The molecule has 36 heavy (non-hydrogen) atoms. The Bertz CT molecular complexity index is 1210. The number of nitrogens with one attached hydrogen (secondary N) is 1. The van der Waals surface area contributed by atoms with Crippen molar-refractivity contribution in [2.75, 3.05) is 19.8 Å². The van der Waals surface area contributed by atoms with Gasteiger partial charge in [-0.05, 0) is 31.9 Å². The van der Waals surface area contributed by atoms with E-state index < -0.39 is 42.5 Å². The van der Waals surface area contributed by atoms with Gasteiger partial charge in [0, 0.05) is 23.9 Å². The first-order valence-electron chi connectivity index (χ1n) is 12.1. The largest absolute Gasteiger partial charge is 0.435 e. The molecule has 2 unspecified atom stereocenters. The third kappa shape index (κ3) is 5.56. The van der Waals surface area contributed by atoms with E-state index in [2.05, 4.69) is 5.32 Å². The van der Waals surface area contributed by atoms with E-state index in [9.17, 15) is 23.6 Å². The summed E-state index contributed by atoms with van der Waals surface area (Å²) >= 11 is 0. The minimum Gasteiger partial charge on any atom is -0.435 e. The SMILES string of the molecule is CCN(CC)C(=O)CC(NC(=O)C(OC(=O)n1c2ccccc2c2ccccc21)C(C)C)C(=O)CF. The summed E-state index contributed by atoms with van der Waals surface area (Å²) in [5.74, 6) is -2.52. The quantitative estimate of drug-likeness (QED) is 0.455. The summed E-state index contributed by atoms with van der Waals surface area (Å²) in [6.07, 6.45) is -2.40. The molecule has 1 aromatic heterocycles. The second kappa shape index (κ2) is 11.8. The maximum absolute atomic E-state index is 13.3.